The predicted octanol–water partition coefficient (Wildman–Crippen LogP) is 2.60. The smallest absolute Gasteiger partial charge is 0.261 e. The molecule has 0 atom stereocenters. The summed E-state index contributed by atoms with van der Waals surface area (Å²) in [4.78, 5) is 51.2. The van der Waals surface area contributed by atoms with Crippen LogP contribution in [0.25, 0.3) is 5.95 Å². The minimum absolute atomic E-state index is 0.161. The van der Waals surface area contributed by atoms with E-state index in [2.05, 4.69) is 20.3 Å². The van der Waals surface area contributed by atoms with E-state index >= 15 is 0 Å². The van der Waals surface area contributed by atoms with Crippen LogP contribution in [-0.4, -0.2) is 48.7 Å². The summed E-state index contributed by atoms with van der Waals surface area (Å²) in [6, 6.07) is 6.73. The van der Waals surface area contributed by atoms with Crippen molar-refractivity contribution >= 4 is 23.4 Å². The molecular formula is C22H22N6O3. The number of nitrogens with one attached hydrogen (secondary N) is 1. The van der Waals surface area contributed by atoms with Crippen molar-refractivity contribution in [1.29, 1.82) is 0 Å². The first-order chi connectivity index (χ1) is 14.9. The molecule has 3 amide bonds. The Kier molecular flexibility index (Phi) is 5.33. The van der Waals surface area contributed by atoms with Gasteiger partial charge in [0.2, 0.25) is 11.9 Å². The maximum absolute atomic E-state index is 12.4. The van der Waals surface area contributed by atoms with E-state index in [0.717, 1.165) is 17.2 Å². The van der Waals surface area contributed by atoms with Crippen LogP contribution >= 0.6 is 0 Å². The highest BCUT2D eigenvalue weighted by atomic mass is 16.2. The topological polar surface area (TPSA) is 110 Å². The normalized spacial score (nSPS) is 12.9. The minimum atomic E-state index is -0.315. The molecule has 0 aliphatic carbocycles. The number of carbonyl (C=O) groups is 3. The number of carbonyl (C=O) groups excluding carboxylic acids is 3. The third kappa shape index (κ3) is 3.81. The molecule has 2 aromatic heterocycles. The second-order valence-corrected chi connectivity index (χ2v) is 7.40. The molecule has 3 aromatic rings. The van der Waals surface area contributed by atoms with Gasteiger partial charge in [-0.3, -0.25) is 23.9 Å². The molecule has 0 saturated heterocycles. The van der Waals surface area contributed by atoms with Gasteiger partial charge in [0.05, 0.1) is 34.9 Å². The number of anilines is 1. The summed E-state index contributed by atoms with van der Waals surface area (Å²) < 4.78 is 1.85. The number of imidazole rings is 1. The van der Waals surface area contributed by atoms with Crippen LogP contribution in [0.2, 0.25) is 0 Å². The Labute approximate surface area is 179 Å². The van der Waals surface area contributed by atoms with Crippen molar-refractivity contribution in [1.82, 2.24) is 24.4 Å². The van der Waals surface area contributed by atoms with Gasteiger partial charge in [-0.05, 0) is 39.3 Å². The molecule has 1 aliphatic heterocycles. The molecule has 0 fully saturated rings. The summed E-state index contributed by atoms with van der Waals surface area (Å²) in [5.41, 5.74) is 3.17. The maximum Gasteiger partial charge on any atom is 0.261 e. The van der Waals surface area contributed by atoms with Crippen molar-refractivity contribution in [3.05, 3.63) is 65.0 Å². The van der Waals surface area contributed by atoms with Gasteiger partial charge in [-0.25, -0.2) is 15.0 Å². The van der Waals surface area contributed by atoms with Gasteiger partial charge < -0.3 is 5.32 Å². The number of hydrogen-bond acceptors (Lipinski definition) is 6. The van der Waals surface area contributed by atoms with E-state index in [0.29, 0.717) is 29.2 Å². The maximum atomic E-state index is 12.4. The summed E-state index contributed by atoms with van der Waals surface area (Å²) in [5.74, 6) is 0.411. The number of fused-ring (bicyclic) bond motifs is 1. The van der Waals surface area contributed by atoms with Crippen molar-refractivity contribution in [2.45, 2.75) is 33.6 Å². The van der Waals surface area contributed by atoms with Crippen LogP contribution < -0.4 is 5.32 Å². The van der Waals surface area contributed by atoms with E-state index in [-0.39, 0.29) is 30.7 Å². The molecular weight excluding hydrogens is 396 g/mol. The summed E-state index contributed by atoms with van der Waals surface area (Å²) in [6.07, 6.45) is 3.61. The average molecular weight is 418 g/mol. The molecule has 158 valence electrons. The van der Waals surface area contributed by atoms with Crippen molar-refractivity contribution in [2.24, 2.45) is 0 Å². The van der Waals surface area contributed by atoms with Crippen molar-refractivity contribution in [2.75, 3.05) is 11.9 Å². The highest BCUT2D eigenvalue weighted by molar-refractivity contribution is 6.21. The Hall–Kier alpha value is -3.88. The molecule has 1 N–H and O–H groups in total. The molecule has 1 aromatic carbocycles. The number of rotatable bonds is 6. The molecule has 0 spiro atoms. The van der Waals surface area contributed by atoms with E-state index in [1.54, 1.807) is 36.7 Å². The second kappa shape index (κ2) is 8.10. The summed E-state index contributed by atoms with van der Waals surface area (Å²) in [5, 5.41) is 2.74. The van der Waals surface area contributed by atoms with Gasteiger partial charge in [0.15, 0.2) is 0 Å². The van der Waals surface area contributed by atoms with E-state index < -0.39 is 0 Å². The van der Waals surface area contributed by atoms with Crippen molar-refractivity contribution < 1.29 is 14.4 Å². The molecule has 3 heterocycles. The first-order valence-corrected chi connectivity index (χ1v) is 9.97. The number of imide groups is 1. The zero-order chi connectivity index (χ0) is 22.1. The summed E-state index contributed by atoms with van der Waals surface area (Å²) in [7, 11) is 0. The van der Waals surface area contributed by atoms with Gasteiger partial charge in [-0.15, -0.1) is 0 Å². The third-order valence-corrected chi connectivity index (χ3v) is 5.30. The van der Waals surface area contributed by atoms with Gasteiger partial charge in [0.25, 0.3) is 11.8 Å². The lowest BCUT2D eigenvalue weighted by Gasteiger charge is -2.13. The average Bonchev–Trinajstić information content (AvgIpc) is 3.15. The van der Waals surface area contributed by atoms with Crippen LogP contribution in [0.1, 0.15) is 50.8 Å². The number of benzene rings is 1. The van der Waals surface area contributed by atoms with Gasteiger partial charge in [-0.2, -0.15) is 0 Å². The number of amides is 3. The van der Waals surface area contributed by atoms with Crippen LogP contribution in [0.4, 0.5) is 5.69 Å². The largest absolute Gasteiger partial charge is 0.323 e. The molecule has 0 bridgehead atoms. The minimum Gasteiger partial charge on any atom is -0.323 e. The molecule has 1 aliphatic rings. The van der Waals surface area contributed by atoms with E-state index in [1.807, 2.05) is 25.3 Å². The molecule has 0 saturated carbocycles. The van der Waals surface area contributed by atoms with Crippen LogP contribution in [0.5, 0.6) is 0 Å². The number of aromatic nitrogens is 4. The molecule has 4 rings (SSSR count). The quantitative estimate of drug-likeness (QED) is 0.616. The number of hydrogen-bond donors (Lipinski definition) is 1. The Balaban J connectivity index is 1.32. The third-order valence-electron chi connectivity index (χ3n) is 5.30. The van der Waals surface area contributed by atoms with Crippen LogP contribution in [0.15, 0.2) is 36.7 Å². The molecule has 9 heteroatoms. The van der Waals surface area contributed by atoms with E-state index in [4.69, 9.17) is 0 Å². The predicted molar refractivity (Wildman–Crippen MR) is 113 cm³/mol. The zero-order valence-electron chi connectivity index (χ0n) is 17.5. The first kappa shape index (κ1) is 20.4. The van der Waals surface area contributed by atoms with Crippen molar-refractivity contribution in [3.63, 3.8) is 0 Å². The fourth-order valence-corrected chi connectivity index (χ4v) is 3.64. The monoisotopic (exact) mass is 418 g/mol. The van der Waals surface area contributed by atoms with Crippen LogP contribution in [0.3, 0.4) is 0 Å². The second-order valence-electron chi connectivity index (χ2n) is 7.40. The fourth-order valence-electron chi connectivity index (χ4n) is 3.64. The van der Waals surface area contributed by atoms with Crippen LogP contribution in [-0.2, 0) is 4.79 Å². The lowest BCUT2D eigenvalue weighted by atomic mass is 10.1. The zero-order valence-corrected chi connectivity index (χ0v) is 17.5. The van der Waals surface area contributed by atoms with Gasteiger partial charge in [0.1, 0.15) is 5.82 Å². The molecule has 0 unspecified atom stereocenters. The highest BCUT2D eigenvalue weighted by Gasteiger charge is 2.34. The Morgan fingerprint density at radius 2 is 1.61 bits per heavy atom. The molecule has 31 heavy (non-hydrogen) atoms. The van der Waals surface area contributed by atoms with Gasteiger partial charge >= 0.3 is 0 Å². The molecule has 0 radical (unpaired) electrons. The molecule has 9 nitrogen and oxygen atoms in total. The Bertz CT molecular complexity index is 1150. The van der Waals surface area contributed by atoms with Crippen LogP contribution in [0, 0.1) is 20.8 Å². The highest BCUT2D eigenvalue weighted by Crippen LogP contribution is 2.22. The standard InChI is InChI=1S/C22H22N6O3/c1-13-14(2)28(15(3)25-13)22-23-11-16(12-24-22)26-19(29)9-6-10-27-20(30)17-7-4-5-8-18(17)21(27)31/h4-5,7-8,11-12H,6,9-10H2,1-3H3,(H,26,29). The first-order valence-electron chi connectivity index (χ1n) is 9.97. The van der Waals surface area contributed by atoms with Gasteiger partial charge in [0, 0.05) is 18.7 Å². The van der Waals surface area contributed by atoms with Crippen molar-refractivity contribution in [3.8, 4) is 5.95 Å². The SMILES string of the molecule is Cc1nc(C)n(-c2ncc(NC(=O)CCCN3C(=O)c4ccccc4C3=O)cn2)c1C. The fraction of sp³-hybridized carbons (Fsp3) is 0.273. The summed E-state index contributed by atoms with van der Waals surface area (Å²) in [6.45, 7) is 5.94. The van der Waals surface area contributed by atoms with E-state index in [9.17, 15) is 14.4 Å². The number of nitrogens with zero attached hydrogens (tertiary/aromatic N) is 5. The Morgan fingerprint density at radius 1 is 1.00 bits per heavy atom. The van der Waals surface area contributed by atoms with E-state index in [1.165, 1.54) is 4.90 Å². The van der Waals surface area contributed by atoms with Gasteiger partial charge in [-0.1, -0.05) is 12.1 Å². The Morgan fingerprint density at radius 3 is 2.16 bits per heavy atom. The number of aryl methyl sites for hydroxylation is 2. The lowest BCUT2D eigenvalue weighted by Crippen LogP contribution is -2.31. The summed E-state index contributed by atoms with van der Waals surface area (Å²) >= 11 is 0. The lowest BCUT2D eigenvalue weighted by molar-refractivity contribution is -0.116.